The van der Waals surface area contributed by atoms with Gasteiger partial charge >= 0.3 is 0 Å². The molecule has 31 heavy (non-hydrogen) atoms. The summed E-state index contributed by atoms with van der Waals surface area (Å²) in [5, 5.41) is 1.09. The molecule has 0 spiro atoms. The fraction of sp³-hybridized carbons (Fsp3) is 0.320. The molecule has 0 saturated heterocycles. The van der Waals surface area contributed by atoms with Crippen LogP contribution in [0.5, 0.6) is 0 Å². The zero-order valence-electron chi connectivity index (χ0n) is 17.8. The van der Waals surface area contributed by atoms with Crippen LogP contribution in [0.3, 0.4) is 0 Å². The van der Waals surface area contributed by atoms with Crippen LogP contribution in [-0.4, -0.2) is 33.2 Å². The second-order valence-corrected chi connectivity index (χ2v) is 8.48. The number of hydrogen-bond acceptors (Lipinski definition) is 3. The van der Waals surface area contributed by atoms with Gasteiger partial charge < -0.3 is 15.6 Å². The average Bonchev–Trinajstić information content (AvgIpc) is 3.16. The number of H-pyrrole nitrogens is 1. The van der Waals surface area contributed by atoms with Gasteiger partial charge in [0.1, 0.15) is 0 Å². The Balaban J connectivity index is 1.76. The second-order valence-electron chi connectivity index (χ2n) is 8.48. The van der Waals surface area contributed by atoms with E-state index in [9.17, 15) is 9.59 Å². The number of carbonyl (C=O) groups is 2. The maximum Gasteiger partial charge on any atom is 0.269 e. The van der Waals surface area contributed by atoms with Gasteiger partial charge in [0.15, 0.2) is 5.69 Å². The molecule has 0 atom stereocenters. The topological polar surface area (TPSA) is 92.1 Å². The normalized spacial score (nSPS) is 15.5. The predicted molar refractivity (Wildman–Crippen MR) is 121 cm³/mol. The maximum atomic E-state index is 12.2. The molecule has 2 aliphatic rings. The molecular weight excluding hydrogens is 388 g/mol. The number of aromatic nitrogens is 2. The van der Waals surface area contributed by atoms with Crippen molar-refractivity contribution in [2.24, 2.45) is 5.73 Å². The van der Waals surface area contributed by atoms with E-state index in [-0.39, 0.29) is 5.91 Å². The molecule has 3 heterocycles. The highest BCUT2D eigenvalue weighted by Crippen LogP contribution is 2.41. The van der Waals surface area contributed by atoms with Gasteiger partial charge in [0.05, 0.1) is 5.52 Å². The van der Waals surface area contributed by atoms with Crippen LogP contribution < -0.4 is 5.73 Å². The minimum Gasteiger partial charge on any atom is -0.364 e. The number of carbonyl (C=O) groups excluding carboxylic acids is 2. The van der Waals surface area contributed by atoms with Crippen molar-refractivity contribution in [3.05, 3.63) is 64.6 Å². The van der Waals surface area contributed by atoms with E-state index in [1.54, 1.807) is 0 Å². The summed E-state index contributed by atoms with van der Waals surface area (Å²) < 4.78 is 0. The highest BCUT2D eigenvalue weighted by atomic mass is 16.2. The SMILES string of the molecule is C=CC(=O)N1CCc2c(cccc2-c2c(C)nc(C(N)=O)c3[nH]c4c(c23)CCCC4)C1. The summed E-state index contributed by atoms with van der Waals surface area (Å²) in [6, 6.07) is 6.27. The molecule has 5 rings (SSSR count). The number of hydrogen-bond donors (Lipinski definition) is 2. The molecule has 0 bridgehead atoms. The predicted octanol–water partition coefficient (Wildman–Crippen LogP) is 3.59. The number of rotatable bonds is 3. The molecule has 3 aromatic rings. The second kappa shape index (κ2) is 7.38. The first kappa shape index (κ1) is 19.5. The Hall–Kier alpha value is -3.41. The highest BCUT2D eigenvalue weighted by Gasteiger charge is 2.27. The zero-order valence-corrected chi connectivity index (χ0v) is 17.8. The number of aryl methyl sites for hydroxylation is 3. The van der Waals surface area contributed by atoms with Gasteiger partial charge in [-0.15, -0.1) is 0 Å². The largest absolute Gasteiger partial charge is 0.364 e. The van der Waals surface area contributed by atoms with Crippen LogP contribution in [0.2, 0.25) is 0 Å². The van der Waals surface area contributed by atoms with Crippen LogP contribution in [0.25, 0.3) is 22.0 Å². The van der Waals surface area contributed by atoms with Crippen LogP contribution in [0.4, 0.5) is 0 Å². The van der Waals surface area contributed by atoms with Crippen LogP contribution >= 0.6 is 0 Å². The van der Waals surface area contributed by atoms with Crippen LogP contribution in [0.15, 0.2) is 30.9 Å². The third-order valence-corrected chi connectivity index (χ3v) is 6.68. The summed E-state index contributed by atoms with van der Waals surface area (Å²) >= 11 is 0. The number of aromatic amines is 1. The monoisotopic (exact) mass is 414 g/mol. The van der Waals surface area contributed by atoms with Crippen molar-refractivity contribution in [3.8, 4) is 11.1 Å². The van der Waals surface area contributed by atoms with Gasteiger partial charge in [-0.2, -0.15) is 0 Å². The van der Waals surface area contributed by atoms with Gasteiger partial charge in [-0.25, -0.2) is 4.98 Å². The summed E-state index contributed by atoms with van der Waals surface area (Å²) in [5.74, 6) is -0.547. The summed E-state index contributed by atoms with van der Waals surface area (Å²) in [4.78, 5) is 34.3. The molecule has 6 heteroatoms. The number of nitrogens with one attached hydrogen (secondary N) is 1. The summed E-state index contributed by atoms with van der Waals surface area (Å²) in [5.41, 5.74) is 14.7. The van der Waals surface area contributed by atoms with Crippen molar-refractivity contribution in [2.75, 3.05) is 6.54 Å². The minimum absolute atomic E-state index is 0.0400. The molecule has 3 N–H and O–H groups in total. The van der Waals surface area contributed by atoms with Gasteiger partial charge in [0.2, 0.25) is 5.91 Å². The van der Waals surface area contributed by atoms with Crippen LogP contribution in [0, 0.1) is 6.92 Å². The zero-order chi connectivity index (χ0) is 21.7. The first-order valence-corrected chi connectivity index (χ1v) is 10.9. The Morgan fingerprint density at radius 1 is 1.19 bits per heavy atom. The Kier molecular flexibility index (Phi) is 4.65. The van der Waals surface area contributed by atoms with E-state index in [4.69, 9.17) is 5.73 Å². The molecule has 0 fully saturated rings. The van der Waals surface area contributed by atoms with Gasteiger partial charge in [0, 0.05) is 35.4 Å². The van der Waals surface area contributed by atoms with E-state index in [0.29, 0.717) is 18.8 Å². The third kappa shape index (κ3) is 3.05. The van der Waals surface area contributed by atoms with E-state index < -0.39 is 5.91 Å². The average molecular weight is 415 g/mol. The van der Waals surface area contributed by atoms with Crippen molar-refractivity contribution in [3.63, 3.8) is 0 Å². The molecule has 2 aromatic heterocycles. The lowest BCUT2D eigenvalue weighted by molar-refractivity contribution is -0.126. The van der Waals surface area contributed by atoms with E-state index in [1.165, 1.54) is 22.9 Å². The summed E-state index contributed by atoms with van der Waals surface area (Å²) in [6.07, 6.45) is 6.39. The molecule has 158 valence electrons. The number of benzene rings is 1. The molecule has 1 aromatic carbocycles. The molecule has 0 radical (unpaired) electrons. The number of pyridine rings is 1. The molecular formula is C25H26N4O2. The van der Waals surface area contributed by atoms with Crippen molar-refractivity contribution in [2.45, 2.75) is 45.6 Å². The molecule has 0 unspecified atom stereocenters. The van der Waals surface area contributed by atoms with E-state index >= 15 is 0 Å². The number of fused-ring (bicyclic) bond motifs is 4. The number of nitrogens with zero attached hydrogens (tertiary/aromatic N) is 2. The van der Waals surface area contributed by atoms with Crippen molar-refractivity contribution < 1.29 is 9.59 Å². The lowest BCUT2D eigenvalue weighted by atomic mass is 9.86. The number of primary amides is 1. The molecule has 1 aliphatic carbocycles. The smallest absolute Gasteiger partial charge is 0.269 e. The Bertz CT molecular complexity index is 1250. The van der Waals surface area contributed by atoms with Gasteiger partial charge in [-0.1, -0.05) is 24.8 Å². The lowest BCUT2D eigenvalue weighted by Crippen LogP contribution is -2.34. The molecule has 2 amide bonds. The van der Waals surface area contributed by atoms with E-state index in [0.717, 1.165) is 65.4 Å². The molecule has 6 nitrogen and oxygen atoms in total. The first-order chi connectivity index (χ1) is 15.0. The third-order valence-electron chi connectivity index (χ3n) is 6.68. The first-order valence-electron chi connectivity index (χ1n) is 10.9. The van der Waals surface area contributed by atoms with Crippen LogP contribution in [0.1, 0.15) is 51.4 Å². The van der Waals surface area contributed by atoms with Crippen molar-refractivity contribution in [1.82, 2.24) is 14.9 Å². The van der Waals surface area contributed by atoms with Gasteiger partial charge in [0.25, 0.3) is 5.91 Å². The standard InChI is InChI=1S/C25H26N4O2/c1-3-20(30)29-12-11-16-15(13-29)7-6-9-17(16)21-14(2)27-24(25(26)31)23-22(21)18-8-4-5-10-19(18)28-23/h3,6-7,9,28H,1,4-5,8,10-13H2,2H3,(H2,26,31). The Morgan fingerprint density at radius 2 is 2.00 bits per heavy atom. The molecule has 1 aliphatic heterocycles. The highest BCUT2D eigenvalue weighted by molar-refractivity contribution is 6.10. The Morgan fingerprint density at radius 3 is 2.77 bits per heavy atom. The summed E-state index contributed by atoms with van der Waals surface area (Å²) in [6.45, 7) is 6.82. The maximum absolute atomic E-state index is 12.2. The number of nitrogens with two attached hydrogens (primary N) is 1. The van der Waals surface area contributed by atoms with Gasteiger partial charge in [-0.05, 0) is 67.4 Å². The van der Waals surface area contributed by atoms with Crippen molar-refractivity contribution >= 4 is 22.7 Å². The number of amides is 2. The van der Waals surface area contributed by atoms with E-state index in [1.807, 2.05) is 17.9 Å². The Labute approximate surface area is 181 Å². The van der Waals surface area contributed by atoms with Crippen molar-refractivity contribution in [1.29, 1.82) is 0 Å². The van der Waals surface area contributed by atoms with Crippen LogP contribution in [-0.2, 0) is 30.6 Å². The summed E-state index contributed by atoms with van der Waals surface area (Å²) in [7, 11) is 0. The fourth-order valence-electron chi connectivity index (χ4n) is 5.27. The lowest BCUT2D eigenvalue weighted by Gasteiger charge is -2.30. The fourth-order valence-corrected chi connectivity index (χ4v) is 5.27. The minimum atomic E-state index is -0.507. The van der Waals surface area contributed by atoms with E-state index in [2.05, 4.69) is 28.7 Å². The molecule has 0 saturated carbocycles. The van der Waals surface area contributed by atoms with Gasteiger partial charge in [-0.3, -0.25) is 9.59 Å². The quantitative estimate of drug-likeness (QED) is 0.642.